The first-order chi connectivity index (χ1) is 12.7. The van der Waals surface area contributed by atoms with Crippen LogP contribution in [0, 0.1) is 5.92 Å². The van der Waals surface area contributed by atoms with Gasteiger partial charge in [0.1, 0.15) is 11.9 Å². The molecule has 1 aromatic carbocycles. The van der Waals surface area contributed by atoms with Gasteiger partial charge in [-0.05, 0) is 37.1 Å². The van der Waals surface area contributed by atoms with Crippen molar-refractivity contribution >= 4 is 11.8 Å². The van der Waals surface area contributed by atoms with Crippen LogP contribution in [0.4, 0.5) is 0 Å². The summed E-state index contributed by atoms with van der Waals surface area (Å²) in [6, 6.07) is 10.4. The lowest BCUT2D eigenvalue weighted by molar-refractivity contribution is 0.0116. The third-order valence-corrected chi connectivity index (χ3v) is 6.00. The molecule has 1 aliphatic carbocycles. The summed E-state index contributed by atoms with van der Waals surface area (Å²) < 4.78 is 14.4. The molecular formula is C20H24N2O3S. The lowest BCUT2D eigenvalue weighted by Crippen LogP contribution is -2.42. The molecule has 0 N–H and O–H groups in total. The number of hydrogen-bond acceptors (Lipinski definition) is 5. The molecule has 1 saturated carbocycles. The van der Waals surface area contributed by atoms with Crippen molar-refractivity contribution in [3.8, 4) is 11.8 Å². The Morgan fingerprint density at radius 3 is 2.73 bits per heavy atom. The average Bonchev–Trinajstić information content (AvgIpc) is 3.09. The molecule has 6 heteroatoms. The van der Waals surface area contributed by atoms with Crippen molar-refractivity contribution in [2.75, 3.05) is 6.26 Å². The fourth-order valence-corrected chi connectivity index (χ4v) is 4.41. The molecule has 26 heavy (non-hydrogen) atoms. The van der Waals surface area contributed by atoms with E-state index in [1.807, 2.05) is 47.4 Å². The first-order valence-electron chi connectivity index (χ1n) is 9.28. The maximum Gasteiger partial charge on any atom is 0.300 e. The first-order valence-corrected chi connectivity index (χ1v) is 10.5. The number of nitrogens with zero attached hydrogens (tertiary/aromatic N) is 2. The van der Waals surface area contributed by atoms with Crippen LogP contribution in [0.2, 0.25) is 0 Å². The second-order valence-electron chi connectivity index (χ2n) is 7.00. The Bertz CT molecular complexity index is 802. The normalized spacial score (nSPS) is 21.0. The van der Waals surface area contributed by atoms with Crippen LogP contribution in [0.3, 0.4) is 0 Å². The molecule has 2 aliphatic rings. The highest BCUT2D eigenvalue weighted by atomic mass is 32.2. The summed E-state index contributed by atoms with van der Waals surface area (Å²) >= 11 is 1.42. The molecule has 138 valence electrons. The minimum atomic E-state index is -0.220. The minimum Gasteiger partial charge on any atom is -0.486 e. The van der Waals surface area contributed by atoms with E-state index in [-0.39, 0.29) is 17.8 Å². The zero-order valence-corrected chi connectivity index (χ0v) is 15.8. The second-order valence-corrected chi connectivity index (χ2v) is 7.85. The van der Waals surface area contributed by atoms with Gasteiger partial charge in [-0.3, -0.25) is 9.36 Å². The van der Waals surface area contributed by atoms with Crippen molar-refractivity contribution in [1.29, 1.82) is 0 Å². The van der Waals surface area contributed by atoms with E-state index in [9.17, 15) is 4.79 Å². The summed E-state index contributed by atoms with van der Waals surface area (Å²) in [6.07, 6.45) is 9.70. The summed E-state index contributed by atoms with van der Waals surface area (Å²) in [6.45, 7) is 0.671. The van der Waals surface area contributed by atoms with Gasteiger partial charge in [0.25, 0.3) is 11.6 Å². The Morgan fingerprint density at radius 1 is 1.23 bits per heavy atom. The van der Waals surface area contributed by atoms with Gasteiger partial charge in [-0.25, -0.2) is 0 Å². The molecule has 4 rings (SSSR count). The Kier molecular flexibility index (Phi) is 5.20. The number of rotatable bonds is 5. The fourth-order valence-electron chi connectivity index (χ4n) is 3.96. The van der Waals surface area contributed by atoms with Crippen molar-refractivity contribution in [2.45, 2.75) is 55.8 Å². The molecule has 1 aliphatic heterocycles. The SMILES string of the molecule is CSc1cn2c(nc1=O)OC(C(Oc1ccccc1)C1CCCCC1)C2. The van der Waals surface area contributed by atoms with Crippen LogP contribution in [0.5, 0.6) is 11.8 Å². The zero-order chi connectivity index (χ0) is 17.9. The van der Waals surface area contributed by atoms with E-state index < -0.39 is 0 Å². The molecule has 1 fully saturated rings. The Hall–Kier alpha value is -1.95. The maximum absolute atomic E-state index is 12.0. The molecule has 0 spiro atoms. The monoisotopic (exact) mass is 372 g/mol. The summed E-state index contributed by atoms with van der Waals surface area (Å²) in [5, 5.41) is 0. The summed E-state index contributed by atoms with van der Waals surface area (Å²) in [7, 11) is 0. The van der Waals surface area contributed by atoms with Gasteiger partial charge >= 0.3 is 0 Å². The Labute approximate surface area is 157 Å². The van der Waals surface area contributed by atoms with E-state index in [1.165, 1.54) is 31.0 Å². The average molecular weight is 372 g/mol. The number of fused-ring (bicyclic) bond motifs is 1. The molecule has 0 saturated heterocycles. The van der Waals surface area contributed by atoms with Gasteiger partial charge in [0.05, 0.1) is 11.4 Å². The van der Waals surface area contributed by atoms with Gasteiger partial charge in [0.2, 0.25) is 0 Å². The Balaban J connectivity index is 1.58. The number of benzene rings is 1. The molecular weight excluding hydrogens is 348 g/mol. The molecule has 0 bridgehead atoms. The van der Waals surface area contributed by atoms with Crippen LogP contribution in [0.1, 0.15) is 32.1 Å². The summed E-state index contributed by atoms with van der Waals surface area (Å²) in [5.74, 6) is 1.34. The van der Waals surface area contributed by atoms with Crippen molar-refractivity contribution < 1.29 is 9.47 Å². The Morgan fingerprint density at radius 2 is 2.00 bits per heavy atom. The number of thioether (sulfide) groups is 1. The van der Waals surface area contributed by atoms with Crippen LogP contribution in [0.25, 0.3) is 0 Å². The van der Waals surface area contributed by atoms with E-state index in [2.05, 4.69) is 4.98 Å². The quantitative estimate of drug-likeness (QED) is 0.748. The predicted molar refractivity (Wildman–Crippen MR) is 102 cm³/mol. The first kappa shape index (κ1) is 17.5. The highest BCUT2D eigenvalue weighted by Crippen LogP contribution is 2.34. The molecule has 2 heterocycles. The smallest absolute Gasteiger partial charge is 0.300 e. The number of aromatic nitrogens is 2. The lowest BCUT2D eigenvalue weighted by atomic mass is 9.83. The molecule has 2 atom stereocenters. The van der Waals surface area contributed by atoms with Crippen LogP contribution in [-0.2, 0) is 6.54 Å². The van der Waals surface area contributed by atoms with Gasteiger partial charge in [0.15, 0.2) is 6.10 Å². The van der Waals surface area contributed by atoms with Crippen LogP contribution in [-0.4, -0.2) is 28.0 Å². The van der Waals surface area contributed by atoms with Crippen LogP contribution < -0.4 is 15.0 Å². The predicted octanol–water partition coefficient (Wildman–Crippen LogP) is 3.75. The standard InChI is InChI=1S/C20H24N2O3S/c1-26-17-13-22-12-16(25-20(22)21-19(17)23)18(14-8-4-2-5-9-14)24-15-10-6-3-7-11-15/h3,6-7,10-11,13-14,16,18H,2,4-5,8-9,12H2,1H3. The third-order valence-electron chi connectivity index (χ3n) is 5.28. The highest BCUT2D eigenvalue weighted by molar-refractivity contribution is 7.98. The van der Waals surface area contributed by atoms with Gasteiger partial charge in [-0.15, -0.1) is 11.8 Å². The number of ether oxygens (including phenoxy) is 2. The topological polar surface area (TPSA) is 53.4 Å². The van der Waals surface area contributed by atoms with E-state index >= 15 is 0 Å². The van der Waals surface area contributed by atoms with E-state index in [0.29, 0.717) is 23.4 Å². The van der Waals surface area contributed by atoms with E-state index in [0.717, 1.165) is 18.6 Å². The molecule has 1 aromatic heterocycles. The van der Waals surface area contributed by atoms with Gasteiger partial charge in [0, 0.05) is 6.20 Å². The van der Waals surface area contributed by atoms with Gasteiger partial charge < -0.3 is 9.47 Å². The summed E-state index contributed by atoms with van der Waals surface area (Å²) in [5.41, 5.74) is -0.220. The van der Waals surface area contributed by atoms with E-state index in [1.54, 1.807) is 0 Å². The molecule has 2 aromatic rings. The molecule has 5 nitrogen and oxygen atoms in total. The lowest BCUT2D eigenvalue weighted by Gasteiger charge is -2.33. The fraction of sp³-hybridized carbons (Fsp3) is 0.500. The maximum atomic E-state index is 12.0. The number of hydrogen-bond donors (Lipinski definition) is 0. The van der Waals surface area contributed by atoms with E-state index in [4.69, 9.17) is 9.47 Å². The van der Waals surface area contributed by atoms with Crippen molar-refractivity contribution in [3.05, 3.63) is 46.9 Å². The number of para-hydroxylation sites is 1. The van der Waals surface area contributed by atoms with Crippen LogP contribution >= 0.6 is 11.8 Å². The highest BCUT2D eigenvalue weighted by Gasteiger charge is 2.38. The minimum absolute atomic E-state index is 0.0350. The van der Waals surface area contributed by atoms with Crippen molar-refractivity contribution in [1.82, 2.24) is 9.55 Å². The largest absolute Gasteiger partial charge is 0.486 e. The molecule has 0 radical (unpaired) electrons. The third kappa shape index (κ3) is 3.61. The van der Waals surface area contributed by atoms with Gasteiger partial charge in [-0.2, -0.15) is 4.98 Å². The van der Waals surface area contributed by atoms with Crippen LogP contribution in [0.15, 0.2) is 46.2 Å². The molecule has 2 unspecified atom stereocenters. The summed E-state index contributed by atoms with van der Waals surface area (Å²) in [4.78, 5) is 16.8. The van der Waals surface area contributed by atoms with Crippen molar-refractivity contribution in [3.63, 3.8) is 0 Å². The van der Waals surface area contributed by atoms with Crippen molar-refractivity contribution in [2.24, 2.45) is 5.92 Å². The molecule has 0 amide bonds. The zero-order valence-electron chi connectivity index (χ0n) is 15.0. The second kappa shape index (κ2) is 7.74. The van der Waals surface area contributed by atoms with Gasteiger partial charge in [-0.1, -0.05) is 37.5 Å².